The van der Waals surface area contributed by atoms with Gasteiger partial charge in [-0.25, -0.2) is 5.43 Å². The van der Waals surface area contributed by atoms with Gasteiger partial charge in [-0.15, -0.1) is 0 Å². The van der Waals surface area contributed by atoms with Gasteiger partial charge in [-0.2, -0.15) is 5.10 Å². The molecule has 2 aromatic rings. The van der Waals surface area contributed by atoms with E-state index in [4.69, 9.17) is 0 Å². The van der Waals surface area contributed by atoms with E-state index in [1.165, 1.54) is 6.21 Å². The van der Waals surface area contributed by atoms with Crippen LogP contribution >= 0.6 is 0 Å². The zero-order chi connectivity index (χ0) is 17.4. The summed E-state index contributed by atoms with van der Waals surface area (Å²) in [5.74, 6) is -0.0582. The molecule has 5 nitrogen and oxygen atoms in total. The molecule has 1 amide bonds. The first-order chi connectivity index (χ1) is 11.6. The third kappa shape index (κ3) is 4.84. The molecule has 0 fully saturated rings. The van der Waals surface area contributed by atoms with Crippen LogP contribution in [0.1, 0.15) is 25.0 Å². The van der Waals surface area contributed by atoms with Gasteiger partial charge in [0.2, 0.25) is 5.91 Å². The highest BCUT2D eigenvalue weighted by Gasteiger charge is 2.06. The lowest BCUT2D eigenvalue weighted by Crippen LogP contribution is -2.21. The van der Waals surface area contributed by atoms with E-state index in [1.807, 2.05) is 36.4 Å². The van der Waals surface area contributed by atoms with Crippen molar-refractivity contribution < 1.29 is 9.90 Å². The molecule has 0 aliphatic carbocycles. The Labute approximate surface area is 142 Å². The Morgan fingerprint density at radius 1 is 1.17 bits per heavy atom. The Kier molecular flexibility index (Phi) is 6.37. The van der Waals surface area contributed by atoms with E-state index in [0.717, 1.165) is 24.3 Å². The predicted octanol–water partition coefficient (Wildman–Crippen LogP) is 2.93. The van der Waals surface area contributed by atoms with Crippen molar-refractivity contribution in [3.8, 4) is 5.75 Å². The molecule has 0 atom stereocenters. The van der Waals surface area contributed by atoms with E-state index in [-0.39, 0.29) is 18.1 Å². The SMILES string of the molecule is CCN(CC)c1ccc(/C=N\NC(=O)Cc2ccccc2)c(O)c1. The predicted molar refractivity (Wildman–Crippen MR) is 97.6 cm³/mol. The number of hydrogen-bond acceptors (Lipinski definition) is 4. The lowest BCUT2D eigenvalue weighted by molar-refractivity contribution is -0.120. The third-order valence-electron chi connectivity index (χ3n) is 3.74. The van der Waals surface area contributed by atoms with Crippen LogP contribution in [0.5, 0.6) is 5.75 Å². The molecule has 0 radical (unpaired) electrons. The average molecular weight is 325 g/mol. The monoisotopic (exact) mass is 325 g/mol. The summed E-state index contributed by atoms with van der Waals surface area (Å²) in [4.78, 5) is 14.0. The van der Waals surface area contributed by atoms with Gasteiger partial charge in [-0.1, -0.05) is 30.3 Å². The standard InChI is InChI=1S/C19H23N3O2/c1-3-22(4-2)17-11-10-16(18(23)13-17)14-20-21-19(24)12-15-8-6-5-7-9-15/h5-11,13-14,23H,3-4,12H2,1-2H3,(H,21,24)/b20-14-. The van der Waals surface area contributed by atoms with Gasteiger partial charge in [0.05, 0.1) is 12.6 Å². The van der Waals surface area contributed by atoms with E-state index in [2.05, 4.69) is 29.3 Å². The van der Waals surface area contributed by atoms with Crippen molar-refractivity contribution in [2.45, 2.75) is 20.3 Å². The van der Waals surface area contributed by atoms with Crippen molar-refractivity contribution in [1.29, 1.82) is 0 Å². The van der Waals surface area contributed by atoms with Crippen molar-refractivity contribution in [3.05, 3.63) is 59.7 Å². The quantitative estimate of drug-likeness (QED) is 0.608. The number of nitrogens with one attached hydrogen (secondary N) is 1. The highest BCUT2D eigenvalue weighted by molar-refractivity contribution is 5.86. The number of carbonyl (C=O) groups is 1. The van der Waals surface area contributed by atoms with Gasteiger partial charge in [-0.3, -0.25) is 4.79 Å². The van der Waals surface area contributed by atoms with Crippen LogP contribution in [-0.4, -0.2) is 30.3 Å². The van der Waals surface area contributed by atoms with Gasteiger partial charge in [0.15, 0.2) is 0 Å². The molecular weight excluding hydrogens is 302 g/mol. The van der Waals surface area contributed by atoms with Crippen molar-refractivity contribution in [2.75, 3.05) is 18.0 Å². The summed E-state index contributed by atoms with van der Waals surface area (Å²) in [7, 11) is 0. The molecule has 2 aromatic carbocycles. The number of aromatic hydroxyl groups is 1. The second-order valence-corrected chi connectivity index (χ2v) is 5.37. The highest BCUT2D eigenvalue weighted by Crippen LogP contribution is 2.23. The summed E-state index contributed by atoms with van der Waals surface area (Å²) >= 11 is 0. The van der Waals surface area contributed by atoms with Crippen LogP contribution in [-0.2, 0) is 11.2 Å². The van der Waals surface area contributed by atoms with Crippen LogP contribution in [0.15, 0.2) is 53.6 Å². The maximum atomic E-state index is 11.8. The lowest BCUT2D eigenvalue weighted by Gasteiger charge is -2.21. The molecule has 24 heavy (non-hydrogen) atoms. The van der Waals surface area contributed by atoms with Gasteiger partial charge in [0.25, 0.3) is 0 Å². The largest absolute Gasteiger partial charge is 0.507 e. The number of phenols is 1. The average Bonchev–Trinajstić information content (AvgIpc) is 2.59. The van der Waals surface area contributed by atoms with E-state index < -0.39 is 0 Å². The van der Waals surface area contributed by atoms with Crippen LogP contribution in [0, 0.1) is 0 Å². The minimum Gasteiger partial charge on any atom is -0.507 e. The second-order valence-electron chi connectivity index (χ2n) is 5.37. The second kappa shape index (κ2) is 8.72. The smallest absolute Gasteiger partial charge is 0.244 e. The minimum absolute atomic E-state index is 0.139. The Balaban J connectivity index is 1.95. The fourth-order valence-corrected chi connectivity index (χ4v) is 2.42. The number of rotatable bonds is 7. The molecule has 0 aliphatic heterocycles. The molecule has 0 unspecified atom stereocenters. The summed E-state index contributed by atoms with van der Waals surface area (Å²) in [6.45, 7) is 5.88. The van der Waals surface area contributed by atoms with Crippen molar-refractivity contribution in [2.24, 2.45) is 5.10 Å². The third-order valence-corrected chi connectivity index (χ3v) is 3.74. The fraction of sp³-hybridized carbons (Fsp3) is 0.263. The van der Waals surface area contributed by atoms with E-state index in [9.17, 15) is 9.90 Å². The summed E-state index contributed by atoms with van der Waals surface area (Å²) in [5.41, 5.74) is 4.92. The number of hydrazone groups is 1. The number of nitrogens with zero attached hydrogens (tertiary/aromatic N) is 2. The zero-order valence-electron chi connectivity index (χ0n) is 14.1. The zero-order valence-corrected chi connectivity index (χ0v) is 14.1. The summed E-state index contributed by atoms with van der Waals surface area (Å²) < 4.78 is 0. The Morgan fingerprint density at radius 2 is 1.88 bits per heavy atom. The van der Waals surface area contributed by atoms with Crippen molar-refractivity contribution in [1.82, 2.24) is 5.43 Å². The fourth-order valence-electron chi connectivity index (χ4n) is 2.42. The molecule has 0 bridgehead atoms. The first-order valence-corrected chi connectivity index (χ1v) is 8.07. The van der Waals surface area contributed by atoms with Crippen LogP contribution < -0.4 is 10.3 Å². The molecule has 0 heterocycles. The maximum absolute atomic E-state index is 11.8. The molecule has 0 saturated heterocycles. The first-order valence-electron chi connectivity index (χ1n) is 8.07. The van der Waals surface area contributed by atoms with Gasteiger partial charge < -0.3 is 10.0 Å². The normalized spacial score (nSPS) is 10.8. The van der Waals surface area contributed by atoms with E-state index in [0.29, 0.717) is 5.56 Å². The molecule has 126 valence electrons. The Hall–Kier alpha value is -2.82. The van der Waals surface area contributed by atoms with Gasteiger partial charge >= 0.3 is 0 Å². The number of anilines is 1. The van der Waals surface area contributed by atoms with Gasteiger partial charge in [0, 0.05) is 30.4 Å². The van der Waals surface area contributed by atoms with Crippen LogP contribution in [0.4, 0.5) is 5.69 Å². The number of amides is 1. The van der Waals surface area contributed by atoms with Crippen molar-refractivity contribution in [3.63, 3.8) is 0 Å². The van der Waals surface area contributed by atoms with Gasteiger partial charge in [0.1, 0.15) is 5.75 Å². The summed E-state index contributed by atoms with van der Waals surface area (Å²) in [6, 6.07) is 14.9. The Bertz CT molecular complexity index is 695. The molecule has 5 heteroatoms. The summed E-state index contributed by atoms with van der Waals surface area (Å²) in [5, 5.41) is 14.0. The van der Waals surface area contributed by atoms with E-state index in [1.54, 1.807) is 12.1 Å². The number of carbonyl (C=O) groups excluding carboxylic acids is 1. The van der Waals surface area contributed by atoms with E-state index >= 15 is 0 Å². The van der Waals surface area contributed by atoms with Crippen LogP contribution in [0.25, 0.3) is 0 Å². The molecule has 2 N–H and O–H groups in total. The molecule has 0 aromatic heterocycles. The lowest BCUT2D eigenvalue weighted by atomic mass is 10.1. The maximum Gasteiger partial charge on any atom is 0.244 e. The minimum atomic E-state index is -0.197. The first kappa shape index (κ1) is 17.5. The highest BCUT2D eigenvalue weighted by atomic mass is 16.3. The molecule has 0 spiro atoms. The number of benzene rings is 2. The topological polar surface area (TPSA) is 64.9 Å². The number of hydrogen-bond donors (Lipinski definition) is 2. The van der Waals surface area contributed by atoms with Gasteiger partial charge in [-0.05, 0) is 31.5 Å². The number of phenolic OH excluding ortho intramolecular Hbond substituents is 1. The summed E-state index contributed by atoms with van der Waals surface area (Å²) in [6.07, 6.45) is 1.72. The van der Waals surface area contributed by atoms with Crippen LogP contribution in [0.3, 0.4) is 0 Å². The molecule has 0 aliphatic rings. The van der Waals surface area contributed by atoms with Crippen LogP contribution in [0.2, 0.25) is 0 Å². The molecule has 0 saturated carbocycles. The molecular formula is C19H23N3O2. The molecule has 2 rings (SSSR count). The van der Waals surface area contributed by atoms with Crippen molar-refractivity contribution >= 4 is 17.8 Å². The Morgan fingerprint density at radius 3 is 2.50 bits per heavy atom.